The molecular weight excluding hydrogens is 286 g/mol. The van der Waals surface area contributed by atoms with Gasteiger partial charge in [0.25, 0.3) is 0 Å². The minimum atomic E-state index is -3.53. The first-order chi connectivity index (χ1) is 9.06. The van der Waals surface area contributed by atoms with Crippen molar-refractivity contribution >= 4 is 21.8 Å². The highest BCUT2D eigenvalue weighted by molar-refractivity contribution is 7.99. The van der Waals surface area contributed by atoms with Gasteiger partial charge < -0.3 is 9.84 Å². The zero-order valence-corrected chi connectivity index (χ0v) is 12.3. The Morgan fingerprint density at radius 3 is 2.89 bits per heavy atom. The Labute approximate surface area is 117 Å². The van der Waals surface area contributed by atoms with Gasteiger partial charge >= 0.3 is 0 Å². The lowest BCUT2D eigenvalue weighted by Gasteiger charge is -2.13. The van der Waals surface area contributed by atoms with E-state index in [-0.39, 0.29) is 17.5 Å². The molecule has 0 aliphatic carbocycles. The first-order valence-electron chi connectivity index (χ1n) is 5.94. The van der Waals surface area contributed by atoms with Crippen molar-refractivity contribution in [2.45, 2.75) is 24.0 Å². The van der Waals surface area contributed by atoms with E-state index in [0.717, 1.165) is 17.9 Å². The summed E-state index contributed by atoms with van der Waals surface area (Å²) in [5.41, 5.74) is 0.464. The van der Waals surface area contributed by atoms with Crippen molar-refractivity contribution < 1.29 is 18.3 Å². The summed E-state index contributed by atoms with van der Waals surface area (Å²) in [6.45, 7) is -0.258. The molecule has 1 aliphatic heterocycles. The van der Waals surface area contributed by atoms with Gasteiger partial charge in [-0.15, -0.1) is 0 Å². The van der Waals surface area contributed by atoms with Crippen LogP contribution in [-0.2, 0) is 16.6 Å². The summed E-state index contributed by atoms with van der Waals surface area (Å²) < 4.78 is 32.2. The van der Waals surface area contributed by atoms with Gasteiger partial charge in [0.1, 0.15) is 5.75 Å². The van der Waals surface area contributed by atoms with Gasteiger partial charge in [0.05, 0.1) is 18.6 Å². The van der Waals surface area contributed by atoms with Crippen molar-refractivity contribution in [1.82, 2.24) is 4.72 Å². The number of nitrogens with one attached hydrogen (secondary N) is 1. The van der Waals surface area contributed by atoms with Crippen LogP contribution in [0.5, 0.6) is 5.75 Å². The van der Waals surface area contributed by atoms with E-state index in [1.807, 2.05) is 0 Å². The number of thioether (sulfide) groups is 1. The van der Waals surface area contributed by atoms with E-state index >= 15 is 0 Å². The largest absolute Gasteiger partial charge is 0.496 e. The van der Waals surface area contributed by atoms with Crippen molar-refractivity contribution in [3.63, 3.8) is 0 Å². The van der Waals surface area contributed by atoms with Crippen molar-refractivity contribution in [2.75, 3.05) is 18.6 Å². The number of hydrogen-bond acceptors (Lipinski definition) is 5. The van der Waals surface area contributed by atoms with Crippen LogP contribution in [0, 0.1) is 0 Å². The highest BCUT2D eigenvalue weighted by Gasteiger charge is 2.23. The molecule has 1 fully saturated rings. The molecule has 1 unspecified atom stereocenters. The summed E-state index contributed by atoms with van der Waals surface area (Å²) in [6.07, 6.45) is 0.854. The Hall–Kier alpha value is -0.760. The second-order valence-corrected chi connectivity index (χ2v) is 7.18. The third kappa shape index (κ3) is 3.42. The lowest BCUT2D eigenvalue weighted by Crippen LogP contribution is -2.34. The molecule has 1 aromatic rings. The maximum atomic E-state index is 12.2. The smallest absolute Gasteiger partial charge is 0.240 e. The van der Waals surface area contributed by atoms with Gasteiger partial charge in [-0.2, -0.15) is 11.8 Å². The molecule has 1 saturated heterocycles. The summed E-state index contributed by atoms with van der Waals surface area (Å²) in [5.74, 6) is 2.28. The second-order valence-electron chi connectivity index (χ2n) is 4.31. The molecule has 7 heteroatoms. The summed E-state index contributed by atoms with van der Waals surface area (Å²) >= 11 is 1.74. The standard InChI is InChI=1S/C12H17NO4S2/c1-17-12-3-2-11(6-9(12)7-14)19(15,16)13-10-4-5-18-8-10/h2-3,6,10,13-14H,4-5,7-8H2,1H3. The van der Waals surface area contributed by atoms with E-state index in [2.05, 4.69) is 4.72 Å². The van der Waals surface area contributed by atoms with Gasteiger partial charge in [-0.3, -0.25) is 0 Å². The van der Waals surface area contributed by atoms with Crippen LogP contribution in [0.15, 0.2) is 23.1 Å². The molecule has 1 atom stereocenters. The molecule has 19 heavy (non-hydrogen) atoms. The van der Waals surface area contributed by atoms with Crippen molar-refractivity contribution in [2.24, 2.45) is 0 Å². The Balaban J connectivity index is 2.24. The molecule has 0 amide bonds. The fourth-order valence-corrected chi connectivity index (χ4v) is 4.54. The number of hydrogen-bond donors (Lipinski definition) is 2. The minimum absolute atomic E-state index is 0.00493. The molecule has 0 aromatic heterocycles. The lowest BCUT2D eigenvalue weighted by molar-refractivity contribution is 0.273. The van der Waals surface area contributed by atoms with E-state index in [1.54, 1.807) is 17.8 Å². The average Bonchev–Trinajstić information content (AvgIpc) is 2.89. The molecule has 2 N–H and O–H groups in total. The van der Waals surface area contributed by atoms with Crippen molar-refractivity contribution in [1.29, 1.82) is 0 Å². The van der Waals surface area contributed by atoms with Crippen LogP contribution < -0.4 is 9.46 Å². The molecule has 1 aliphatic rings. The molecule has 2 rings (SSSR count). The van der Waals surface area contributed by atoms with Gasteiger partial charge in [-0.25, -0.2) is 13.1 Å². The fourth-order valence-electron chi connectivity index (χ4n) is 1.96. The third-order valence-electron chi connectivity index (χ3n) is 2.98. The fraction of sp³-hybridized carbons (Fsp3) is 0.500. The van der Waals surface area contributed by atoms with Crippen LogP contribution in [0.3, 0.4) is 0 Å². The zero-order valence-electron chi connectivity index (χ0n) is 10.6. The molecule has 0 bridgehead atoms. The maximum absolute atomic E-state index is 12.2. The Bertz CT molecular complexity index is 539. The molecule has 5 nitrogen and oxygen atoms in total. The Morgan fingerprint density at radius 1 is 1.53 bits per heavy atom. The molecule has 1 aromatic carbocycles. The normalized spacial score (nSPS) is 19.6. The van der Waals surface area contributed by atoms with Crippen molar-refractivity contribution in [3.8, 4) is 5.75 Å². The predicted octanol–water partition coefficient (Wildman–Crippen LogP) is 0.971. The summed E-state index contributed by atoms with van der Waals surface area (Å²) in [4.78, 5) is 0.161. The molecule has 0 spiro atoms. The third-order valence-corrected chi connectivity index (χ3v) is 5.66. The minimum Gasteiger partial charge on any atom is -0.496 e. The van der Waals surface area contributed by atoms with E-state index in [1.165, 1.54) is 19.2 Å². The zero-order chi connectivity index (χ0) is 13.9. The summed E-state index contributed by atoms with van der Waals surface area (Å²) in [6, 6.07) is 4.49. The number of benzene rings is 1. The summed E-state index contributed by atoms with van der Waals surface area (Å²) in [5, 5.41) is 9.23. The number of methoxy groups -OCH3 is 1. The second kappa shape index (κ2) is 6.13. The monoisotopic (exact) mass is 303 g/mol. The van der Waals surface area contributed by atoms with Crippen molar-refractivity contribution in [3.05, 3.63) is 23.8 Å². The van der Waals surface area contributed by atoms with Crippen LogP contribution in [-0.4, -0.2) is 38.2 Å². The number of sulfonamides is 1. The highest BCUT2D eigenvalue weighted by Crippen LogP contribution is 2.24. The molecule has 106 valence electrons. The van der Waals surface area contributed by atoms with E-state index in [4.69, 9.17) is 4.74 Å². The highest BCUT2D eigenvalue weighted by atomic mass is 32.2. The molecule has 1 heterocycles. The maximum Gasteiger partial charge on any atom is 0.240 e. The van der Waals surface area contributed by atoms with E-state index in [0.29, 0.717) is 11.3 Å². The lowest BCUT2D eigenvalue weighted by atomic mass is 10.2. The van der Waals surface area contributed by atoms with Crippen LogP contribution in [0.2, 0.25) is 0 Å². The van der Waals surface area contributed by atoms with Gasteiger partial charge in [0.15, 0.2) is 0 Å². The number of aliphatic hydroxyl groups excluding tert-OH is 1. The van der Waals surface area contributed by atoms with Gasteiger partial charge in [0.2, 0.25) is 10.0 Å². The number of rotatable bonds is 5. The Morgan fingerprint density at radius 2 is 2.32 bits per heavy atom. The quantitative estimate of drug-likeness (QED) is 0.848. The molecular formula is C12H17NO4S2. The van der Waals surface area contributed by atoms with E-state index in [9.17, 15) is 13.5 Å². The Kier molecular flexibility index (Phi) is 4.72. The molecule has 0 radical (unpaired) electrons. The van der Waals surface area contributed by atoms with Crippen LogP contribution >= 0.6 is 11.8 Å². The topological polar surface area (TPSA) is 75.6 Å². The SMILES string of the molecule is COc1ccc(S(=O)(=O)NC2CCSC2)cc1CO. The molecule has 0 saturated carbocycles. The van der Waals surface area contributed by atoms with Gasteiger partial charge in [-0.05, 0) is 30.4 Å². The van der Waals surface area contributed by atoms with E-state index < -0.39 is 10.0 Å². The predicted molar refractivity (Wildman–Crippen MR) is 75.0 cm³/mol. The average molecular weight is 303 g/mol. The van der Waals surface area contributed by atoms with Crippen LogP contribution in [0.25, 0.3) is 0 Å². The number of ether oxygens (including phenoxy) is 1. The number of aliphatic hydroxyl groups is 1. The van der Waals surface area contributed by atoms with Crippen LogP contribution in [0.1, 0.15) is 12.0 Å². The van der Waals surface area contributed by atoms with Gasteiger partial charge in [0, 0.05) is 17.4 Å². The van der Waals surface area contributed by atoms with Crippen LogP contribution in [0.4, 0.5) is 0 Å². The first kappa shape index (κ1) is 14.6. The summed E-state index contributed by atoms with van der Waals surface area (Å²) in [7, 11) is -2.05. The van der Waals surface area contributed by atoms with Gasteiger partial charge in [-0.1, -0.05) is 0 Å². The first-order valence-corrected chi connectivity index (χ1v) is 8.58.